The van der Waals surface area contributed by atoms with Crippen molar-refractivity contribution < 1.29 is 15.3 Å². The summed E-state index contributed by atoms with van der Waals surface area (Å²) in [5.41, 5.74) is 3.28. The normalized spacial score (nSPS) is 40.4. The van der Waals surface area contributed by atoms with Crippen molar-refractivity contribution in [2.45, 2.75) is 117 Å². The Bertz CT molecular complexity index is 727. The molecule has 0 aromatic heterocycles. The minimum absolute atomic E-state index is 0.213. The molecule has 3 aliphatic carbocycles. The third-order valence-electron chi connectivity index (χ3n) is 9.27. The van der Waals surface area contributed by atoms with E-state index in [0.29, 0.717) is 24.2 Å². The molecule has 3 heteroatoms. The molecule has 3 aliphatic rings. The second-order valence-corrected chi connectivity index (χ2v) is 11.9. The van der Waals surface area contributed by atoms with Crippen LogP contribution in [-0.2, 0) is 0 Å². The molecule has 0 saturated heterocycles. The minimum atomic E-state index is -0.624. The zero-order valence-corrected chi connectivity index (χ0v) is 20.6. The van der Waals surface area contributed by atoms with Crippen molar-refractivity contribution in [2.75, 3.05) is 0 Å². The zero-order valence-electron chi connectivity index (χ0n) is 20.6. The first-order valence-electron chi connectivity index (χ1n) is 12.6. The molecule has 6 atom stereocenters. The van der Waals surface area contributed by atoms with Gasteiger partial charge in [-0.2, -0.15) is 0 Å². The second kappa shape index (κ2) is 9.15. The lowest BCUT2D eigenvalue weighted by atomic mass is 9.53. The molecule has 0 aliphatic heterocycles. The fourth-order valence-corrected chi connectivity index (χ4v) is 7.06. The van der Waals surface area contributed by atoms with Crippen molar-refractivity contribution in [2.24, 2.45) is 22.7 Å². The number of hydrogen-bond acceptors (Lipinski definition) is 3. The Labute approximate surface area is 190 Å². The van der Waals surface area contributed by atoms with Gasteiger partial charge in [0, 0.05) is 6.42 Å². The summed E-state index contributed by atoms with van der Waals surface area (Å²) in [4.78, 5) is 0. The number of rotatable bonds is 6. The molecule has 0 heterocycles. The molecule has 0 aromatic rings. The number of aliphatic hydroxyl groups is 3. The highest BCUT2D eigenvalue weighted by molar-refractivity contribution is 5.39. The molecule has 3 rings (SSSR count). The molecular weight excluding hydrogens is 384 g/mol. The first-order valence-corrected chi connectivity index (χ1v) is 12.6. The summed E-state index contributed by atoms with van der Waals surface area (Å²) in [6.45, 7) is 15.4. The van der Waals surface area contributed by atoms with Crippen LogP contribution in [0.5, 0.6) is 0 Å². The van der Waals surface area contributed by atoms with Gasteiger partial charge in [-0.1, -0.05) is 57.9 Å². The maximum Gasteiger partial charge on any atom is 0.0811 e. The third kappa shape index (κ3) is 5.04. The molecule has 3 nitrogen and oxygen atoms in total. The Balaban J connectivity index is 1.77. The molecule has 3 N–H and O–H groups in total. The van der Waals surface area contributed by atoms with Crippen molar-refractivity contribution >= 4 is 0 Å². The first kappa shape index (κ1) is 24.7. The van der Waals surface area contributed by atoms with Crippen LogP contribution < -0.4 is 0 Å². The first-order chi connectivity index (χ1) is 14.4. The lowest BCUT2D eigenvalue weighted by molar-refractivity contribution is 0.0299. The van der Waals surface area contributed by atoms with Crippen molar-refractivity contribution in [1.82, 2.24) is 0 Å². The van der Waals surface area contributed by atoms with E-state index < -0.39 is 17.8 Å². The molecule has 0 spiro atoms. The van der Waals surface area contributed by atoms with E-state index in [0.717, 1.165) is 36.3 Å². The maximum atomic E-state index is 10.2. The second-order valence-electron chi connectivity index (χ2n) is 11.9. The van der Waals surface area contributed by atoms with Crippen LogP contribution in [-0.4, -0.2) is 33.1 Å². The quantitative estimate of drug-likeness (QED) is 0.477. The number of aliphatic hydroxyl groups excluding tert-OH is 2. The van der Waals surface area contributed by atoms with E-state index in [2.05, 4.69) is 39.5 Å². The molecule has 3 saturated carbocycles. The van der Waals surface area contributed by atoms with Gasteiger partial charge >= 0.3 is 0 Å². The molecule has 0 amide bonds. The van der Waals surface area contributed by atoms with Gasteiger partial charge in [-0.15, -0.1) is 0 Å². The maximum absolute atomic E-state index is 10.2. The Morgan fingerprint density at radius 1 is 1.19 bits per heavy atom. The van der Waals surface area contributed by atoms with Gasteiger partial charge < -0.3 is 15.3 Å². The average Bonchev–Trinajstić information content (AvgIpc) is 2.94. The molecule has 176 valence electrons. The van der Waals surface area contributed by atoms with E-state index in [1.165, 1.54) is 32.1 Å². The Hall–Kier alpha value is -0.900. The summed E-state index contributed by atoms with van der Waals surface area (Å²) in [7, 11) is 0. The summed E-state index contributed by atoms with van der Waals surface area (Å²) in [5.74, 6) is 1.40. The van der Waals surface area contributed by atoms with Gasteiger partial charge in [0.25, 0.3) is 0 Å². The van der Waals surface area contributed by atoms with Crippen LogP contribution in [0.2, 0.25) is 0 Å². The van der Waals surface area contributed by atoms with Crippen LogP contribution in [0.1, 0.15) is 98.8 Å². The smallest absolute Gasteiger partial charge is 0.0811 e. The molecule has 0 radical (unpaired) electrons. The third-order valence-corrected chi connectivity index (χ3v) is 9.27. The number of fused-ring (bicyclic) bond motifs is 1. The van der Waals surface area contributed by atoms with Gasteiger partial charge in [0.15, 0.2) is 0 Å². The SMILES string of the molecule is C=C1C(=CC=C2CCC[C@]3(C)C(C(C)CCCC(C)(C)O)CCC23C)CC(O)C[C@@H]1O. The Morgan fingerprint density at radius 2 is 1.90 bits per heavy atom. The fraction of sp³-hybridized carbons (Fsp3) is 0.786. The zero-order chi connectivity index (χ0) is 23.0. The number of allylic oxidation sites excluding steroid dienone is 3. The van der Waals surface area contributed by atoms with Gasteiger partial charge in [0.1, 0.15) is 0 Å². The van der Waals surface area contributed by atoms with Crippen molar-refractivity contribution in [3.63, 3.8) is 0 Å². The van der Waals surface area contributed by atoms with Gasteiger partial charge in [-0.25, -0.2) is 0 Å². The van der Waals surface area contributed by atoms with Crippen molar-refractivity contribution in [3.05, 3.63) is 35.5 Å². The molecule has 31 heavy (non-hydrogen) atoms. The van der Waals surface area contributed by atoms with Crippen LogP contribution >= 0.6 is 0 Å². The van der Waals surface area contributed by atoms with E-state index in [-0.39, 0.29) is 5.41 Å². The van der Waals surface area contributed by atoms with E-state index in [1.807, 2.05) is 13.8 Å². The van der Waals surface area contributed by atoms with Crippen LogP contribution in [0.25, 0.3) is 0 Å². The molecule has 4 unspecified atom stereocenters. The van der Waals surface area contributed by atoms with Crippen molar-refractivity contribution in [1.29, 1.82) is 0 Å². The molecule has 0 bridgehead atoms. The highest BCUT2D eigenvalue weighted by Gasteiger charge is 2.57. The molecule has 0 aromatic carbocycles. The average molecular weight is 431 g/mol. The predicted molar refractivity (Wildman–Crippen MR) is 129 cm³/mol. The van der Waals surface area contributed by atoms with Gasteiger partial charge in [0.05, 0.1) is 17.8 Å². The summed E-state index contributed by atoms with van der Waals surface area (Å²) < 4.78 is 0. The minimum Gasteiger partial charge on any atom is -0.393 e. The Kier molecular flexibility index (Phi) is 7.30. The summed E-state index contributed by atoms with van der Waals surface area (Å²) >= 11 is 0. The summed E-state index contributed by atoms with van der Waals surface area (Å²) in [6, 6.07) is 0. The van der Waals surface area contributed by atoms with Gasteiger partial charge in [-0.3, -0.25) is 0 Å². The Morgan fingerprint density at radius 3 is 2.58 bits per heavy atom. The summed E-state index contributed by atoms with van der Waals surface area (Å²) in [6.07, 6.45) is 13.7. The molecular formula is C28H46O3. The van der Waals surface area contributed by atoms with E-state index >= 15 is 0 Å². The fourth-order valence-electron chi connectivity index (χ4n) is 7.06. The van der Waals surface area contributed by atoms with Crippen molar-refractivity contribution in [3.8, 4) is 0 Å². The van der Waals surface area contributed by atoms with E-state index in [4.69, 9.17) is 0 Å². The van der Waals surface area contributed by atoms with Gasteiger partial charge in [-0.05, 0) is 92.6 Å². The van der Waals surface area contributed by atoms with Crippen LogP contribution in [0.15, 0.2) is 35.5 Å². The van der Waals surface area contributed by atoms with E-state index in [9.17, 15) is 15.3 Å². The lowest BCUT2D eigenvalue weighted by Gasteiger charge is -2.51. The molecule has 3 fully saturated rings. The largest absolute Gasteiger partial charge is 0.393 e. The van der Waals surface area contributed by atoms with Crippen LogP contribution in [0, 0.1) is 22.7 Å². The summed E-state index contributed by atoms with van der Waals surface area (Å²) in [5, 5.41) is 30.3. The van der Waals surface area contributed by atoms with Gasteiger partial charge in [0.2, 0.25) is 0 Å². The topological polar surface area (TPSA) is 60.7 Å². The highest BCUT2D eigenvalue weighted by atomic mass is 16.3. The standard InChI is InChI=1S/C28H46O3/c1-19(9-7-14-26(3,4)31)24-13-16-27(5)22(10-8-15-28(24,27)6)12-11-21-17-23(29)18-25(30)20(21)2/h11-12,19,23-25,29-31H,2,7-10,13-18H2,1,3-6H3/t19?,23?,24?,25-,27?,28+/m0/s1. The van der Waals surface area contributed by atoms with Crippen LogP contribution in [0.4, 0.5) is 0 Å². The predicted octanol–water partition coefficient (Wildman–Crippen LogP) is 6.09. The van der Waals surface area contributed by atoms with E-state index in [1.54, 1.807) is 5.57 Å². The lowest BCUT2D eigenvalue weighted by Crippen LogP contribution is -2.43. The highest BCUT2D eigenvalue weighted by Crippen LogP contribution is 2.67. The van der Waals surface area contributed by atoms with Crippen LogP contribution in [0.3, 0.4) is 0 Å². The number of hydrogen-bond donors (Lipinski definition) is 3. The monoisotopic (exact) mass is 430 g/mol.